The van der Waals surface area contributed by atoms with Gasteiger partial charge in [-0.3, -0.25) is 0 Å². The van der Waals surface area contributed by atoms with Crippen molar-refractivity contribution >= 4 is 0 Å². The molecule has 0 heterocycles. The van der Waals surface area contributed by atoms with Crippen molar-refractivity contribution in [2.24, 2.45) is 17.3 Å². The second-order valence-corrected chi connectivity index (χ2v) is 5.83. The quantitative estimate of drug-likeness (QED) is 0.699. The monoisotopic (exact) mass is 207 g/mol. The maximum Gasteiger partial charge on any atom is 0.0322 e. The van der Waals surface area contributed by atoms with Crippen molar-refractivity contribution in [1.29, 1.82) is 0 Å². The summed E-state index contributed by atoms with van der Waals surface area (Å²) in [5.41, 5.74) is 0.519. The van der Waals surface area contributed by atoms with E-state index in [0.29, 0.717) is 23.4 Å². The van der Waals surface area contributed by atoms with Crippen LogP contribution in [0.3, 0.4) is 0 Å². The van der Waals surface area contributed by atoms with Crippen molar-refractivity contribution in [3.63, 3.8) is 0 Å². The van der Waals surface area contributed by atoms with Gasteiger partial charge >= 0.3 is 0 Å². The molecule has 86 valence electrons. The highest BCUT2D eigenvalue weighted by Crippen LogP contribution is 2.47. The predicted molar refractivity (Wildman–Crippen MR) is 66.6 cm³/mol. The molecule has 1 heteroatoms. The van der Waals surface area contributed by atoms with Gasteiger partial charge in [0.05, 0.1) is 0 Å². The minimum absolute atomic E-state index is 0.315. The van der Waals surface area contributed by atoms with Crippen LogP contribution in [0.5, 0.6) is 0 Å². The van der Waals surface area contributed by atoms with Crippen LogP contribution in [-0.2, 0) is 0 Å². The van der Waals surface area contributed by atoms with Crippen LogP contribution >= 0.6 is 0 Å². The van der Waals surface area contributed by atoms with Crippen molar-refractivity contribution in [2.45, 2.75) is 59.5 Å². The summed E-state index contributed by atoms with van der Waals surface area (Å²) < 4.78 is 0. The van der Waals surface area contributed by atoms with Crippen LogP contribution in [0.1, 0.15) is 47.5 Å². The lowest BCUT2D eigenvalue weighted by atomic mass is 9.60. The number of terminal acetylenes is 1. The van der Waals surface area contributed by atoms with Crippen molar-refractivity contribution in [3.05, 3.63) is 0 Å². The molecule has 1 aliphatic carbocycles. The Labute approximate surface area is 95.0 Å². The average molecular weight is 207 g/mol. The maximum atomic E-state index is 5.43. The standard InChI is InChI=1S/C14H25N/c1-7-10(2)11(3)15-12(4)13-8-9-14(13,5)6/h1,10-13,15H,8-9H2,2-6H3. The Morgan fingerprint density at radius 2 is 1.93 bits per heavy atom. The van der Waals surface area contributed by atoms with E-state index in [9.17, 15) is 0 Å². The van der Waals surface area contributed by atoms with Crippen molar-refractivity contribution in [1.82, 2.24) is 5.32 Å². The van der Waals surface area contributed by atoms with Crippen LogP contribution in [0.15, 0.2) is 0 Å². The fourth-order valence-corrected chi connectivity index (χ4v) is 2.63. The van der Waals surface area contributed by atoms with E-state index in [1.54, 1.807) is 0 Å². The first kappa shape index (κ1) is 12.6. The number of rotatable bonds is 4. The zero-order valence-electron chi connectivity index (χ0n) is 10.8. The zero-order chi connectivity index (χ0) is 11.6. The Bertz CT molecular complexity index is 249. The summed E-state index contributed by atoms with van der Waals surface area (Å²) in [6.07, 6.45) is 8.16. The molecule has 4 atom stereocenters. The largest absolute Gasteiger partial charge is 0.310 e. The molecule has 0 aliphatic heterocycles. The molecule has 0 radical (unpaired) electrons. The van der Waals surface area contributed by atoms with Gasteiger partial charge in [-0.05, 0) is 44.9 Å². The summed E-state index contributed by atoms with van der Waals surface area (Å²) in [7, 11) is 0. The van der Waals surface area contributed by atoms with E-state index in [0.717, 1.165) is 5.92 Å². The highest BCUT2D eigenvalue weighted by molar-refractivity contribution is 4.99. The summed E-state index contributed by atoms with van der Waals surface area (Å²) >= 11 is 0. The van der Waals surface area contributed by atoms with Crippen molar-refractivity contribution in [2.75, 3.05) is 0 Å². The number of hydrogen-bond acceptors (Lipinski definition) is 1. The van der Waals surface area contributed by atoms with Gasteiger partial charge in [-0.25, -0.2) is 0 Å². The molecule has 1 aliphatic rings. The van der Waals surface area contributed by atoms with Gasteiger partial charge in [-0.1, -0.05) is 13.8 Å². The normalized spacial score (nSPS) is 29.7. The fraction of sp³-hybridized carbons (Fsp3) is 0.857. The van der Waals surface area contributed by atoms with Crippen molar-refractivity contribution < 1.29 is 0 Å². The topological polar surface area (TPSA) is 12.0 Å². The molecule has 0 bridgehead atoms. The van der Waals surface area contributed by atoms with Crippen LogP contribution in [0.2, 0.25) is 0 Å². The zero-order valence-corrected chi connectivity index (χ0v) is 10.8. The first-order valence-electron chi connectivity index (χ1n) is 6.10. The first-order valence-corrected chi connectivity index (χ1v) is 6.10. The maximum absolute atomic E-state index is 5.43. The third-order valence-corrected chi connectivity index (χ3v) is 4.25. The molecular formula is C14H25N. The Hall–Kier alpha value is -0.480. The van der Waals surface area contributed by atoms with Crippen LogP contribution in [0.4, 0.5) is 0 Å². The average Bonchev–Trinajstić information content (AvgIpc) is 2.14. The minimum atomic E-state index is 0.315. The lowest BCUT2D eigenvalue weighted by Gasteiger charge is -2.49. The summed E-state index contributed by atoms with van der Waals surface area (Å²) in [4.78, 5) is 0. The molecule has 1 saturated carbocycles. The van der Waals surface area contributed by atoms with Crippen LogP contribution in [0.25, 0.3) is 0 Å². The summed E-state index contributed by atoms with van der Waals surface area (Å²) in [6, 6.07) is 1.00. The van der Waals surface area contributed by atoms with Crippen molar-refractivity contribution in [3.8, 4) is 12.3 Å². The van der Waals surface area contributed by atoms with Gasteiger partial charge in [-0.15, -0.1) is 12.3 Å². The Morgan fingerprint density at radius 1 is 1.33 bits per heavy atom. The Kier molecular flexibility index (Phi) is 3.84. The molecule has 1 nitrogen and oxygen atoms in total. The molecule has 0 aromatic carbocycles. The van der Waals surface area contributed by atoms with E-state index in [4.69, 9.17) is 6.42 Å². The predicted octanol–water partition coefficient (Wildman–Crippen LogP) is 3.06. The summed E-state index contributed by atoms with van der Waals surface area (Å²) in [5.74, 6) is 3.93. The number of nitrogens with one attached hydrogen (secondary N) is 1. The van der Waals surface area contributed by atoms with Gasteiger partial charge in [0, 0.05) is 18.0 Å². The highest BCUT2D eigenvalue weighted by atomic mass is 15.0. The van der Waals surface area contributed by atoms with E-state index in [-0.39, 0.29) is 0 Å². The van der Waals surface area contributed by atoms with E-state index in [1.165, 1.54) is 12.8 Å². The molecule has 0 aromatic rings. The number of hydrogen-bond donors (Lipinski definition) is 1. The second kappa shape index (κ2) is 4.58. The van der Waals surface area contributed by atoms with Gasteiger partial charge in [0.25, 0.3) is 0 Å². The van der Waals surface area contributed by atoms with Crippen LogP contribution in [0, 0.1) is 29.6 Å². The fourth-order valence-electron chi connectivity index (χ4n) is 2.63. The lowest BCUT2D eigenvalue weighted by Crippen LogP contribution is -2.50. The van der Waals surface area contributed by atoms with Gasteiger partial charge < -0.3 is 5.32 Å². The molecule has 0 aromatic heterocycles. The van der Waals surface area contributed by atoms with E-state index in [2.05, 4.69) is 45.9 Å². The molecule has 15 heavy (non-hydrogen) atoms. The van der Waals surface area contributed by atoms with Gasteiger partial charge in [0.2, 0.25) is 0 Å². The second-order valence-electron chi connectivity index (χ2n) is 5.83. The lowest BCUT2D eigenvalue weighted by molar-refractivity contribution is 0.0385. The SMILES string of the molecule is C#CC(C)C(C)NC(C)C1CCC1(C)C. The third-order valence-electron chi connectivity index (χ3n) is 4.25. The molecule has 0 amide bonds. The molecule has 1 N–H and O–H groups in total. The van der Waals surface area contributed by atoms with E-state index in [1.807, 2.05) is 0 Å². The van der Waals surface area contributed by atoms with Crippen LogP contribution < -0.4 is 5.32 Å². The smallest absolute Gasteiger partial charge is 0.0322 e. The minimum Gasteiger partial charge on any atom is -0.310 e. The van der Waals surface area contributed by atoms with Gasteiger partial charge in [-0.2, -0.15) is 0 Å². The molecule has 0 saturated heterocycles. The van der Waals surface area contributed by atoms with E-state index < -0.39 is 0 Å². The van der Waals surface area contributed by atoms with Gasteiger partial charge in [0.1, 0.15) is 0 Å². The van der Waals surface area contributed by atoms with E-state index >= 15 is 0 Å². The van der Waals surface area contributed by atoms with Gasteiger partial charge in [0.15, 0.2) is 0 Å². The highest BCUT2D eigenvalue weighted by Gasteiger charge is 2.41. The first-order chi connectivity index (χ1) is 6.88. The molecular weight excluding hydrogens is 182 g/mol. The molecule has 4 unspecified atom stereocenters. The molecule has 0 spiro atoms. The molecule has 1 rings (SSSR count). The molecule has 1 fully saturated rings. The summed E-state index contributed by atoms with van der Waals surface area (Å²) in [5, 5.41) is 3.65. The Morgan fingerprint density at radius 3 is 2.27 bits per heavy atom. The third kappa shape index (κ3) is 2.75. The summed E-state index contributed by atoms with van der Waals surface area (Å²) in [6.45, 7) is 11.3. The Balaban J connectivity index is 2.43. The van der Waals surface area contributed by atoms with Crippen LogP contribution in [-0.4, -0.2) is 12.1 Å².